The first-order valence-electron chi connectivity index (χ1n) is 10.4. The van der Waals surface area contributed by atoms with Gasteiger partial charge in [-0.2, -0.15) is 0 Å². The number of aryl methyl sites for hydroxylation is 2. The van der Waals surface area contributed by atoms with E-state index in [9.17, 15) is 17.6 Å². The van der Waals surface area contributed by atoms with Crippen LogP contribution in [0.1, 0.15) is 26.6 Å². The third-order valence-corrected chi connectivity index (χ3v) is 8.38. The number of halogens is 1. The number of thiazole rings is 1. The number of hydrogen-bond donors (Lipinski definition) is 1. The summed E-state index contributed by atoms with van der Waals surface area (Å²) in [4.78, 5) is 19.8. The van der Waals surface area contributed by atoms with Crippen molar-refractivity contribution in [1.29, 1.82) is 0 Å². The lowest BCUT2D eigenvalue weighted by atomic mass is 10.2. The molecule has 8 nitrogen and oxygen atoms in total. The normalized spacial score (nSPS) is 14.5. The number of nitrogens with one attached hydrogen (secondary N) is 1. The van der Waals surface area contributed by atoms with E-state index < -0.39 is 15.8 Å². The summed E-state index contributed by atoms with van der Waals surface area (Å²) in [7, 11) is -2.22. The van der Waals surface area contributed by atoms with Gasteiger partial charge in [0.15, 0.2) is 0 Å². The fourth-order valence-corrected chi connectivity index (χ4v) is 6.06. The number of morpholine rings is 1. The highest BCUT2D eigenvalue weighted by Crippen LogP contribution is 2.33. The van der Waals surface area contributed by atoms with Gasteiger partial charge in [0.2, 0.25) is 0 Å². The third-order valence-electron chi connectivity index (χ3n) is 5.71. The van der Waals surface area contributed by atoms with Gasteiger partial charge in [-0.25, -0.2) is 17.8 Å². The van der Waals surface area contributed by atoms with E-state index in [0.717, 1.165) is 6.07 Å². The minimum Gasteiger partial charge on any atom is -0.378 e. The molecule has 1 aliphatic heterocycles. The molecule has 1 saturated heterocycles. The van der Waals surface area contributed by atoms with Crippen molar-refractivity contribution < 1.29 is 22.3 Å². The van der Waals surface area contributed by atoms with Gasteiger partial charge in [-0.3, -0.25) is 9.52 Å². The molecule has 0 unspecified atom stereocenters. The van der Waals surface area contributed by atoms with Crippen molar-refractivity contribution in [2.75, 3.05) is 31.0 Å². The smallest absolute Gasteiger partial charge is 0.266 e. The van der Waals surface area contributed by atoms with Crippen LogP contribution in [0.25, 0.3) is 10.7 Å². The predicted molar refractivity (Wildman–Crippen MR) is 125 cm³/mol. The quantitative estimate of drug-likeness (QED) is 0.589. The molecule has 0 bridgehead atoms. The van der Waals surface area contributed by atoms with E-state index in [1.165, 1.54) is 29.5 Å². The molecule has 0 radical (unpaired) electrons. The second-order valence-corrected chi connectivity index (χ2v) is 10.6. The fraction of sp³-hybridized carbons (Fsp3) is 0.364. The number of aromatic nitrogens is 2. The van der Waals surface area contributed by atoms with Crippen LogP contribution in [0.4, 0.5) is 10.1 Å². The maximum absolute atomic E-state index is 13.9. The number of carbonyl (C=O) groups excluding carboxylic acids is 1. The zero-order chi connectivity index (χ0) is 23.9. The van der Waals surface area contributed by atoms with Crippen LogP contribution in [0.2, 0.25) is 0 Å². The van der Waals surface area contributed by atoms with E-state index in [2.05, 4.69) is 9.71 Å². The highest BCUT2D eigenvalue weighted by Gasteiger charge is 2.27. The molecule has 1 amide bonds. The summed E-state index contributed by atoms with van der Waals surface area (Å²) in [5.41, 5.74) is 2.25. The Morgan fingerprint density at radius 2 is 1.88 bits per heavy atom. The number of hydrogen-bond acceptors (Lipinski definition) is 6. The largest absolute Gasteiger partial charge is 0.378 e. The van der Waals surface area contributed by atoms with E-state index in [0.29, 0.717) is 58.8 Å². The summed E-state index contributed by atoms with van der Waals surface area (Å²) in [5, 5.41) is 0.553. The molecule has 0 spiro atoms. The van der Waals surface area contributed by atoms with Gasteiger partial charge in [0, 0.05) is 25.8 Å². The average Bonchev–Trinajstić information content (AvgIpc) is 3.31. The topological polar surface area (TPSA) is 93.5 Å². The molecule has 0 atom stereocenters. The van der Waals surface area contributed by atoms with Crippen molar-refractivity contribution in [3.63, 3.8) is 0 Å². The van der Waals surface area contributed by atoms with Gasteiger partial charge >= 0.3 is 0 Å². The molecule has 3 aromatic rings. The standard InChI is InChI=1S/C22H25FN4O4S2/c1-13-5-6-16(11-17(13)23)25-33(29,30)19-12-18(26(4)15(19)3)21-24-14(2)20(32-21)22(28)27-7-9-31-10-8-27/h5-6,11-12,25H,7-10H2,1-4H3. The molecular weight excluding hydrogens is 467 g/mol. The molecule has 4 rings (SSSR count). The number of anilines is 1. The molecule has 0 aliphatic carbocycles. The van der Waals surface area contributed by atoms with Crippen LogP contribution < -0.4 is 4.72 Å². The minimum absolute atomic E-state index is 0.0647. The number of benzene rings is 1. The molecule has 2 aromatic heterocycles. The van der Waals surface area contributed by atoms with Crippen LogP contribution >= 0.6 is 11.3 Å². The second-order valence-electron chi connectivity index (χ2n) is 7.95. The SMILES string of the molecule is Cc1ccc(NS(=O)(=O)c2cc(-c3nc(C)c(C(=O)N4CCOCC4)s3)n(C)c2C)cc1F. The first kappa shape index (κ1) is 23.4. The molecule has 1 fully saturated rings. The Morgan fingerprint density at radius 3 is 2.55 bits per heavy atom. The van der Waals surface area contributed by atoms with Crippen molar-refractivity contribution in [3.8, 4) is 10.7 Å². The Kier molecular flexibility index (Phi) is 6.30. The third kappa shape index (κ3) is 4.53. The zero-order valence-electron chi connectivity index (χ0n) is 18.8. The number of carbonyl (C=O) groups is 1. The molecule has 1 aliphatic rings. The van der Waals surface area contributed by atoms with Crippen LogP contribution in [0.3, 0.4) is 0 Å². The summed E-state index contributed by atoms with van der Waals surface area (Å²) in [6.07, 6.45) is 0. The predicted octanol–water partition coefficient (Wildman–Crippen LogP) is 3.49. The average molecular weight is 493 g/mol. The maximum Gasteiger partial charge on any atom is 0.266 e. The second kappa shape index (κ2) is 8.88. The van der Waals surface area contributed by atoms with Crippen LogP contribution in [-0.4, -0.2) is 55.1 Å². The molecule has 1 N–H and O–H groups in total. The minimum atomic E-state index is -3.97. The number of amides is 1. The van der Waals surface area contributed by atoms with E-state index in [1.54, 1.807) is 37.3 Å². The van der Waals surface area contributed by atoms with Crippen LogP contribution in [0, 0.1) is 26.6 Å². The van der Waals surface area contributed by atoms with E-state index >= 15 is 0 Å². The summed E-state index contributed by atoms with van der Waals surface area (Å²) >= 11 is 1.24. The molecule has 1 aromatic carbocycles. The van der Waals surface area contributed by atoms with E-state index in [4.69, 9.17) is 4.74 Å². The molecule has 3 heterocycles. The summed E-state index contributed by atoms with van der Waals surface area (Å²) < 4.78 is 49.5. The van der Waals surface area contributed by atoms with Crippen molar-refractivity contribution in [2.24, 2.45) is 7.05 Å². The number of ether oxygens (including phenoxy) is 1. The molecule has 0 saturated carbocycles. The Labute approximate surface area is 196 Å². The summed E-state index contributed by atoms with van der Waals surface area (Å²) in [5.74, 6) is -0.585. The lowest BCUT2D eigenvalue weighted by Crippen LogP contribution is -2.40. The first-order valence-corrected chi connectivity index (χ1v) is 12.7. The Balaban J connectivity index is 1.66. The Morgan fingerprint density at radius 1 is 1.18 bits per heavy atom. The molecule has 33 heavy (non-hydrogen) atoms. The van der Waals surface area contributed by atoms with Crippen LogP contribution in [-0.2, 0) is 21.8 Å². The number of rotatable bonds is 5. The van der Waals surface area contributed by atoms with Crippen molar-refractivity contribution in [3.05, 3.63) is 51.9 Å². The molecule has 11 heteroatoms. The molecule has 176 valence electrons. The van der Waals surface area contributed by atoms with Gasteiger partial charge in [0.05, 0.1) is 30.3 Å². The fourth-order valence-electron chi connectivity index (χ4n) is 3.63. The number of sulfonamides is 1. The summed E-state index contributed by atoms with van der Waals surface area (Å²) in [6, 6.07) is 5.72. The van der Waals surface area contributed by atoms with Crippen LogP contribution in [0.5, 0.6) is 0 Å². The zero-order valence-corrected chi connectivity index (χ0v) is 20.4. The lowest BCUT2D eigenvalue weighted by molar-refractivity contribution is 0.0305. The van der Waals surface area contributed by atoms with Gasteiger partial charge in [0.1, 0.15) is 20.6 Å². The van der Waals surface area contributed by atoms with Gasteiger partial charge < -0.3 is 14.2 Å². The van der Waals surface area contributed by atoms with Crippen molar-refractivity contribution >= 4 is 33.0 Å². The monoisotopic (exact) mass is 492 g/mol. The Bertz CT molecular complexity index is 1320. The van der Waals surface area contributed by atoms with Gasteiger partial charge in [-0.05, 0) is 44.5 Å². The van der Waals surface area contributed by atoms with Crippen molar-refractivity contribution in [2.45, 2.75) is 25.7 Å². The van der Waals surface area contributed by atoms with Crippen molar-refractivity contribution in [1.82, 2.24) is 14.5 Å². The van der Waals surface area contributed by atoms with E-state index in [-0.39, 0.29) is 16.5 Å². The summed E-state index contributed by atoms with van der Waals surface area (Å²) in [6.45, 7) is 7.14. The van der Waals surface area contributed by atoms with Crippen LogP contribution in [0.15, 0.2) is 29.2 Å². The maximum atomic E-state index is 13.9. The van der Waals surface area contributed by atoms with E-state index in [1.807, 2.05) is 0 Å². The lowest BCUT2D eigenvalue weighted by Gasteiger charge is -2.26. The van der Waals surface area contributed by atoms with Gasteiger partial charge in [0.25, 0.3) is 15.9 Å². The Hall–Kier alpha value is -2.76. The van der Waals surface area contributed by atoms with Gasteiger partial charge in [-0.1, -0.05) is 6.07 Å². The first-order chi connectivity index (χ1) is 15.6. The highest BCUT2D eigenvalue weighted by atomic mass is 32.2. The van der Waals surface area contributed by atoms with Gasteiger partial charge in [-0.15, -0.1) is 11.3 Å². The highest BCUT2D eigenvalue weighted by molar-refractivity contribution is 7.92. The molecular formula is C22H25FN4O4S2. The number of nitrogens with zero attached hydrogens (tertiary/aromatic N) is 3.